The summed E-state index contributed by atoms with van der Waals surface area (Å²) in [5.74, 6) is 0.508. The highest BCUT2D eigenvalue weighted by Gasteiger charge is 2.13. The summed E-state index contributed by atoms with van der Waals surface area (Å²) in [4.78, 5) is 0. The van der Waals surface area contributed by atoms with Gasteiger partial charge >= 0.3 is 0 Å². The Kier molecular flexibility index (Phi) is 3.14. The molecule has 0 radical (unpaired) electrons. The van der Waals surface area contributed by atoms with Gasteiger partial charge in [-0.25, -0.2) is 0 Å². The number of aliphatic hydroxyl groups excluding tert-OH is 1. The Balaban J connectivity index is 2.34. The molecule has 4 heteroatoms. The second-order valence-electron chi connectivity index (χ2n) is 3.09. The van der Waals surface area contributed by atoms with E-state index < -0.39 is 6.10 Å². The van der Waals surface area contributed by atoms with E-state index in [4.69, 9.17) is 16.0 Å². The lowest BCUT2D eigenvalue weighted by molar-refractivity contribution is 0.189. The molecule has 1 aromatic heterocycles. The maximum atomic E-state index is 9.93. The molecule has 0 aliphatic heterocycles. The lowest BCUT2D eigenvalue weighted by Gasteiger charge is -2.08. The summed E-state index contributed by atoms with van der Waals surface area (Å²) >= 11 is 9.22. The average Bonchev–Trinajstić information content (AvgIpc) is 2.74. The molecule has 0 fully saturated rings. The van der Waals surface area contributed by atoms with Crippen LogP contribution < -0.4 is 0 Å². The molecule has 2 aromatic rings. The van der Waals surface area contributed by atoms with Gasteiger partial charge in [0.2, 0.25) is 0 Å². The summed E-state index contributed by atoms with van der Waals surface area (Å²) < 4.78 is 5.92. The molecule has 1 atom stereocenters. The van der Waals surface area contributed by atoms with Crippen LogP contribution in [0.1, 0.15) is 17.4 Å². The average molecular weight is 288 g/mol. The predicted octanol–water partition coefficient (Wildman–Crippen LogP) is 3.78. The van der Waals surface area contributed by atoms with Gasteiger partial charge in [0, 0.05) is 4.47 Å². The number of aliphatic hydroxyl groups is 1. The highest BCUT2D eigenvalue weighted by atomic mass is 79.9. The van der Waals surface area contributed by atoms with Crippen LogP contribution in [-0.2, 0) is 0 Å². The standard InChI is InChI=1S/C11H8BrClO2/c12-8-4-3-7(6-9(8)13)11(14)10-2-1-5-15-10/h1-6,11,14H. The number of hydrogen-bond acceptors (Lipinski definition) is 2. The number of halogens is 2. The van der Waals surface area contributed by atoms with Crippen LogP contribution in [0.2, 0.25) is 5.02 Å². The van der Waals surface area contributed by atoms with Gasteiger partial charge < -0.3 is 9.52 Å². The van der Waals surface area contributed by atoms with Crippen LogP contribution >= 0.6 is 27.5 Å². The maximum Gasteiger partial charge on any atom is 0.137 e. The SMILES string of the molecule is OC(c1ccc(Br)c(Cl)c1)c1ccco1. The number of benzene rings is 1. The molecular formula is C11H8BrClO2. The number of rotatable bonds is 2. The summed E-state index contributed by atoms with van der Waals surface area (Å²) in [6.45, 7) is 0. The largest absolute Gasteiger partial charge is 0.466 e. The van der Waals surface area contributed by atoms with Crippen molar-refractivity contribution < 1.29 is 9.52 Å². The van der Waals surface area contributed by atoms with E-state index in [2.05, 4.69) is 15.9 Å². The molecule has 0 saturated heterocycles. The molecule has 0 spiro atoms. The predicted molar refractivity (Wildman–Crippen MR) is 61.9 cm³/mol. The van der Waals surface area contributed by atoms with Crippen LogP contribution in [0.4, 0.5) is 0 Å². The normalized spacial score (nSPS) is 12.7. The van der Waals surface area contributed by atoms with Gasteiger partial charge in [-0.2, -0.15) is 0 Å². The minimum atomic E-state index is -0.773. The maximum absolute atomic E-state index is 9.93. The fourth-order valence-corrected chi connectivity index (χ4v) is 1.73. The van der Waals surface area contributed by atoms with E-state index in [9.17, 15) is 5.11 Å². The number of hydrogen-bond donors (Lipinski definition) is 1. The van der Waals surface area contributed by atoms with Gasteiger partial charge in [0.25, 0.3) is 0 Å². The summed E-state index contributed by atoms with van der Waals surface area (Å²) in [7, 11) is 0. The topological polar surface area (TPSA) is 33.4 Å². The van der Waals surface area contributed by atoms with E-state index in [1.807, 2.05) is 0 Å². The molecule has 2 nitrogen and oxygen atoms in total. The van der Waals surface area contributed by atoms with Crippen LogP contribution in [0.15, 0.2) is 45.5 Å². The number of furan rings is 1. The van der Waals surface area contributed by atoms with Crippen molar-refractivity contribution in [2.45, 2.75) is 6.10 Å². The summed E-state index contributed by atoms with van der Waals surface area (Å²) in [5, 5.41) is 10.5. The van der Waals surface area contributed by atoms with Crippen molar-refractivity contribution in [1.82, 2.24) is 0 Å². The fourth-order valence-electron chi connectivity index (χ4n) is 1.29. The zero-order valence-corrected chi connectivity index (χ0v) is 9.99. The van der Waals surface area contributed by atoms with Crippen LogP contribution in [0.3, 0.4) is 0 Å². The second-order valence-corrected chi connectivity index (χ2v) is 4.35. The van der Waals surface area contributed by atoms with E-state index in [0.717, 1.165) is 4.47 Å². The molecule has 78 valence electrons. The third kappa shape index (κ3) is 2.25. The quantitative estimate of drug-likeness (QED) is 0.912. The zero-order valence-electron chi connectivity index (χ0n) is 7.65. The van der Waals surface area contributed by atoms with Gasteiger partial charge in [-0.05, 0) is 45.8 Å². The molecule has 0 bridgehead atoms. The Morgan fingerprint density at radius 2 is 2.13 bits per heavy atom. The molecule has 1 heterocycles. The second kappa shape index (κ2) is 4.39. The molecule has 1 unspecified atom stereocenters. The van der Waals surface area contributed by atoms with Crippen molar-refractivity contribution >= 4 is 27.5 Å². The Labute approximate surface area is 101 Å². The molecule has 1 N–H and O–H groups in total. The fraction of sp³-hybridized carbons (Fsp3) is 0.0909. The first-order valence-corrected chi connectivity index (χ1v) is 5.52. The molecule has 1 aromatic carbocycles. The van der Waals surface area contributed by atoms with Crippen molar-refractivity contribution in [3.05, 3.63) is 57.4 Å². The summed E-state index contributed by atoms with van der Waals surface area (Å²) in [5.41, 5.74) is 0.707. The Morgan fingerprint density at radius 3 is 2.73 bits per heavy atom. The van der Waals surface area contributed by atoms with Crippen LogP contribution in [0, 0.1) is 0 Å². The lowest BCUT2D eigenvalue weighted by atomic mass is 10.1. The molecule has 0 aliphatic carbocycles. The van der Waals surface area contributed by atoms with E-state index in [0.29, 0.717) is 16.3 Å². The van der Waals surface area contributed by atoms with Crippen molar-refractivity contribution in [1.29, 1.82) is 0 Å². The monoisotopic (exact) mass is 286 g/mol. The summed E-state index contributed by atoms with van der Waals surface area (Å²) in [6, 6.07) is 8.76. The molecule has 0 amide bonds. The van der Waals surface area contributed by atoms with Crippen molar-refractivity contribution in [3.63, 3.8) is 0 Å². The van der Waals surface area contributed by atoms with Crippen LogP contribution in [0.5, 0.6) is 0 Å². The Bertz CT molecular complexity index is 454. The van der Waals surface area contributed by atoms with Gasteiger partial charge in [0.05, 0.1) is 11.3 Å². The molecular weight excluding hydrogens is 279 g/mol. The Hall–Kier alpha value is -0.770. The van der Waals surface area contributed by atoms with Crippen molar-refractivity contribution in [3.8, 4) is 0 Å². The smallest absolute Gasteiger partial charge is 0.137 e. The molecule has 2 rings (SSSR count). The van der Waals surface area contributed by atoms with E-state index >= 15 is 0 Å². The van der Waals surface area contributed by atoms with Crippen molar-refractivity contribution in [2.24, 2.45) is 0 Å². The first-order chi connectivity index (χ1) is 7.18. The van der Waals surface area contributed by atoms with Gasteiger partial charge in [-0.3, -0.25) is 0 Å². The highest BCUT2D eigenvalue weighted by molar-refractivity contribution is 9.10. The van der Waals surface area contributed by atoms with Gasteiger partial charge in [-0.1, -0.05) is 17.7 Å². The molecule has 0 aliphatic rings. The van der Waals surface area contributed by atoms with E-state index in [1.54, 1.807) is 30.3 Å². The van der Waals surface area contributed by atoms with Crippen LogP contribution in [0.25, 0.3) is 0 Å². The first-order valence-electron chi connectivity index (χ1n) is 4.35. The van der Waals surface area contributed by atoms with Crippen molar-refractivity contribution in [2.75, 3.05) is 0 Å². The third-order valence-corrected chi connectivity index (χ3v) is 3.30. The minimum Gasteiger partial charge on any atom is -0.466 e. The minimum absolute atomic E-state index is 0.508. The zero-order chi connectivity index (χ0) is 10.8. The first kappa shape index (κ1) is 10.7. The van der Waals surface area contributed by atoms with Gasteiger partial charge in [0.15, 0.2) is 0 Å². The van der Waals surface area contributed by atoms with E-state index in [1.165, 1.54) is 6.26 Å². The highest BCUT2D eigenvalue weighted by Crippen LogP contribution is 2.29. The molecule has 15 heavy (non-hydrogen) atoms. The van der Waals surface area contributed by atoms with Gasteiger partial charge in [-0.15, -0.1) is 0 Å². The lowest BCUT2D eigenvalue weighted by Crippen LogP contribution is -1.97. The summed E-state index contributed by atoms with van der Waals surface area (Å²) in [6.07, 6.45) is 0.754. The third-order valence-electron chi connectivity index (χ3n) is 2.07. The molecule has 0 saturated carbocycles. The van der Waals surface area contributed by atoms with E-state index in [-0.39, 0.29) is 0 Å². The van der Waals surface area contributed by atoms with Crippen LogP contribution in [-0.4, -0.2) is 5.11 Å². The van der Waals surface area contributed by atoms with Gasteiger partial charge in [0.1, 0.15) is 11.9 Å². The Morgan fingerprint density at radius 1 is 1.33 bits per heavy atom.